The van der Waals surface area contributed by atoms with Gasteiger partial charge in [-0.1, -0.05) is 11.6 Å². The van der Waals surface area contributed by atoms with E-state index < -0.39 is 0 Å². The molecular weight excluding hydrogens is 394 g/mol. The van der Waals surface area contributed by atoms with Gasteiger partial charge in [0.15, 0.2) is 0 Å². The van der Waals surface area contributed by atoms with Crippen LogP contribution >= 0.6 is 11.6 Å². The number of hydrogen-bond acceptors (Lipinski definition) is 6. The maximum atomic E-state index is 12.6. The standard InChI is InChI=1S/C20H20ClN5O3/c1-10(23-20-22-6-5-17(26-20)25-18(27)11-3-4-11)13-7-12-8-14(21)16(29-2)9-15(12)24-19(13)28/h5-11H,3-4H2,1-2H3,(H,24,28)(H2,22,23,25,26,27)/t10-/m0/s1. The van der Waals surface area contributed by atoms with E-state index in [-0.39, 0.29) is 23.4 Å². The highest BCUT2D eigenvalue weighted by atomic mass is 35.5. The molecule has 1 amide bonds. The van der Waals surface area contributed by atoms with Crippen molar-refractivity contribution in [2.75, 3.05) is 17.7 Å². The smallest absolute Gasteiger partial charge is 0.253 e. The van der Waals surface area contributed by atoms with Gasteiger partial charge in [-0.2, -0.15) is 4.98 Å². The van der Waals surface area contributed by atoms with Crippen LogP contribution in [0.15, 0.2) is 35.3 Å². The molecule has 3 aromatic rings. The molecule has 0 unspecified atom stereocenters. The molecule has 8 nitrogen and oxygen atoms in total. The maximum Gasteiger partial charge on any atom is 0.253 e. The predicted molar refractivity (Wildman–Crippen MR) is 112 cm³/mol. The summed E-state index contributed by atoms with van der Waals surface area (Å²) in [5, 5.41) is 7.14. The molecule has 150 valence electrons. The predicted octanol–water partition coefficient (Wildman–Crippen LogP) is 3.50. The van der Waals surface area contributed by atoms with Gasteiger partial charge in [0.2, 0.25) is 11.9 Å². The van der Waals surface area contributed by atoms with E-state index in [1.165, 1.54) is 7.11 Å². The Labute approximate surface area is 171 Å². The van der Waals surface area contributed by atoms with Gasteiger partial charge in [-0.05, 0) is 38.0 Å². The molecule has 9 heteroatoms. The normalized spacial score (nSPS) is 14.4. The van der Waals surface area contributed by atoms with Gasteiger partial charge in [-0.15, -0.1) is 0 Å². The Morgan fingerprint density at radius 3 is 2.86 bits per heavy atom. The topological polar surface area (TPSA) is 109 Å². The van der Waals surface area contributed by atoms with Crippen molar-refractivity contribution in [2.45, 2.75) is 25.8 Å². The molecule has 0 saturated heterocycles. The van der Waals surface area contributed by atoms with E-state index in [4.69, 9.17) is 16.3 Å². The average Bonchev–Trinajstić information content (AvgIpc) is 3.53. The molecule has 1 aromatic carbocycles. The molecule has 3 N–H and O–H groups in total. The molecule has 1 aliphatic carbocycles. The van der Waals surface area contributed by atoms with Crippen LogP contribution in [0.2, 0.25) is 5.02 Å². The Hall–Kier alpha value is -3.13. The van der Waals surface area contributed by atoms with Crippen LogP contribution in [-0.4, -0.2) is 28.0 Å². The molecule has 0 aliphatic heterocycles. The first kappa shape index (κ1) is 19.2. The second kappa shape index (κ2) is 7.71. The molecule has 0 bridgehead atoms. The van der Waals surface area contributed by atoms with Gasteiger partial charge in [-0.3, -0.25) is 9.59 Å². The lowest BCUT2D eigenvalue weighted by molar-refractivity contribution is -0.117. The Balaban J connectivity index is 1.57. The fraction of sp³-hybridized carbons (Fsp3) is 0.300. The Kier molecular flexibility index (Phi) is 5.10. The molecule has 1 saturated carbocycles. The number of H-pyrrole nitrogens is 1. The van der Waals surface area contributed by atoms with Crippen LogP contribution in [0, 0.1) is 5.92 Å². The first-order valence-electron chi connectivity index (χ1n) is 9.25. The lowest BCUT2D eigenvalue weighted by Crippen LogP contribution is -2.21. The summed E-state index contributed by atoms with van der Waals surface area (Å²) in [6.45, 7) is 1.83. The molecule has 2 heterocycles. The monoisotopic (exact) mass is 413 g/mol. The summed E-state index contributed by atoms with van der Waals surface area (Å²) >= 11 is 6.20. The SMILES string of the molecule is COc1cc2[nH]c(=O)c([C@H](C)Nc3nccc(NC(=O)C4CC4)n3)cc2cc1Cl. The van der Waals surface area contributed by atoms with Gasteiger partial charge < -0.3 is 20.4 Å². The van der Waals surface area contributed by atoms with E-state index in [0.29, 0.717) is 33.6 Å². The lowest BCUT2D eigenvalue weighted by Gasteiger charge is -2.15. The maximum absolute atomic E-state index is 12.6. The second-order valence-electron chi connectivity index (χ2n) is 7.02. The summed E-state index contributed by atoms with van der Waals surface area (Å²) in [6.07, 6.45) is 3.39. The zero-order chi connectivity index (χ0) is 20.5. The summed E-state index contributed by atoms with van der Waals surface area (Å²) in [5.74, 6) is 1.30. The molecule has 4 rings (SSSR count). The number of methoxy groups -OCH3 is 1. The summed E-state index contributed by atoms with van der Waals surface area (Å²) < 4.78 is 5.19. The number of nitrogens with one attached hydrogen (secondary N) is 3. The van der Waals surface area contributed by atoms with Crippen LogP contribution in [0.25, 0.3) is 10.9 Å². The van der Waals surface area contributed by atoms with Crippen molar-refractivity contribution in [1.82, 2.24) is 15.0 Å². The highest BCUT2D eigenvalue weighted by molar-refractivity contribution is 6.32. The van der Waals surface area contributed by atoms with Gasteiger partial charge in [0.1, 0.15) is 11.6 Å². The zero-order valence-electron chi connectivity index (χ0n) is 16.0. The third-order valence-electron chi connectivity index (χ3n) is 4.81. The summed E-state index contributed by atoms with van der Waals surface area (Å²) in [5.41, 5.74) is 0.906. The third kappa shape index (κ3) is 4.17. The molecular formula is C20H20ClN5O3. The van der Waals surface area contributed by atoms with E-state index in [2.05, 4.69) is 25.6 Å². The number of benzene rings is 1. The first-order chi connectivity index (χ1) is 13.9. The highest BCUT2D eigenvalue weighted by Gasteiger charge is 2.29. The van der Waals surface area contributed by atoms with Crippen LogP contribution in [0.3, 0.4) is 0 Å². The fourth-order valence-corrected chi connectivity index (χ4v) is 3.29. The number of fused-ring (bicyclic) bond motifs is 1. The van der Waals surface area contributed by atoms with Gasteiger partial charge in [0, 0.05) is 29.1 Å². The van der Waals surface area contributed by atoms with Gasteiger partial charge in [-0.25, -0.2) is 4.98 Å². The number of ether oxygens (including phenoxy) is 1. The summed E-state index contributed by atoms with van der Waals surface area (Å²) in [6, 6.07) is 6.46. The zero-order valence-corrected chi connectivity index (χ0v) is 16.7. The molecule has 1 fully saturated rings. The van der Waals surface area contributed by atoms with Gasteiger partial charge in [0.05, 0.1) is 23.7 Å². The number of carbonyl (C=O) groups excluding carboxylic acids is 1. The minimum atomic E-state index is -0.376. The first-order valence-corrected chi connectivity index (χ1v) is 9.63. The number of anilines is 2. The van der Waals surface area contributed by atoms with Crippen molar-refractivity contribution < 1.29 is 9.53 Å². The minimum absolute atomic E-state index is 0.0269. The van der Waals surface area contributed by atoms with Crippen molar-refractivity contribution in [2.24, 2.45) is 5.92 Å². The van der Waals surface area contributed by atoms with Crippen molar-refractivity contribution in [1.29, 1.82) is 0 Å². The fourth-order valence-electron chi connectivity index (χ4n) is 3.05. The number of pyridine rings is 1. The molecule has 0 radical (unpaired) electrons. The number of carbonyl (C=O) groups is 1. The van der Waals surface area contributed by atoms with Crippen molar-refractivity contribution in [3.05, 3.63) is 51.4 Å². The number of rotatable bonds is 6. The summed E-state index contributed by atoms with van der Waals surface area (Å²) in [4.78, 5) is 35.8. The molecule has 29 heavy (non-hydrogen) atoms. The van der Waals surface area contributed by atoms with E-state index in [1.54, 1.807) is 30.5 Å². The van der Waals surface area contributed by atoms with Crippen LogP contribution in [0.5, 0.6) is 5.75 Å². The quantitative estimate of drug-likeness (QED) is 0.570. The van der Waals surface area contributed by atoms with E-state index >= 15 is 0 Å². The number of aromatic nitrogens is 3. The Morgan fingerprint density at radius 1 is 1.34 bits per heavy atom. The Bertz CT molecular complexity index is 1140. The highest BCUT2D eigenvalue weighted by Crippen LogP contribution is 2.31. The van der Waals surface area contributed by atoms with Crippen LogP contribution in [-0.2, 0) is 4.79 Å². The van der Waals surface area contributed by atoms with Crippen molar-refractivity contribution >= 4 is 40.2 Å². The van der Waals surface area contributed by atoms with Crippen LogP contribution in [0.4, 0.5) is 11.8 Å². The number of nitrogens with zero attached hydrogens (tertiary/aromatic N) is 2. The summed E-state index contributed by atoms with van der Waals surface area (Å²) in [7, 11) is 1.52. The van der Waals surface area contributed by atoms with E-state index in [1.807, 2.05) is 6.92 Å². The third-order valence-corrected chi connectivity index (χ3v) is 5.11. The molecule has 0 spiro atoms. The molecule has 1 aliphatic rings. The van der Waals surface area contributed by atoms with Crippen LogP contribution in [0.1, 0.15) is 31.4 Å². The van der Waals surface area contributed by atoms with Gasteiger partial charge in [0.25, 0.3) is 5.56 Å². The average molecular weight is 414 g/mol. The van der Waals surface area contributed by atoms with Crippen LogP contribution < -0.4 is 20.9 Å². The van der Waals surface area contributed by atoms with E-state index in [9.17, 15) is 9.59 Å². The number of aromatic amines is 1. The number of halogens is 1. The minimum Gasteiger partial charge on any atom is -0.495 e. The largest absolute Gasteiger partial charge is 0.495 e. The number of hydrogen-bond donors (Lipinski definition) is 3. The van der Waals surface area contributed by atoms with Crippen molar-refractivity contribution in [3.8, 4) is 5.75 Å². The van der Waals surface area contributed by atoms with Gasteiger partial charge >= 0.3 is 0 Å². The number of amides is 1. The van der Waals surface area contributed by atoms with Crippen molar-refractivity contribution in [3.63, 3.8) is 0 Å². The molecule has 1 atom stereocenters. The van der Waals surface area contributed by atoms with E-state index in [0.717, 1.165) is 18.2 Å². The lowest BCUT2D eigenvalue weighted by atomic mass is 10.1. The Morgan fingerprint density at radius 2 is 2.14 bits per heavy atom. The second-order valence-corrected chi connectivity index (χ2v) is 7.43. The molecule has 2 aromatic heterocycles.